The normalized spacial score (nSPS) is 12.1. The van der Waals surface area contributed by atoms with Gasteiger partial charge in [-0.3, -0.25) is 4.98 Å². The van der Waals surface area contributed by atoms with E-state index in [4.69, 9.17) is 11.6 Å². The van der Waals surface area contributed by atoms with Crippen molar-refractivity contribution in [1.82, 2.24) is 4.98 Å². The first-order chi connectivity index (χ1) is 8.40. The molecule has 0 spiro atoms. The summed E-state index contributed by atoms with van der Waals surface area (Å²) in [5.41, 5.74) is 2.33. The Bertz CT molecular complexity index is 572. The third-order valence-corrected chi connectivity index (χ3v) is 4.21. The molecule has 0 saturated heterocycles. The molecule has 0 unspecified atom stereocenters. The lowest BCUT2D eigenvalue weighted by molar-refractivity contribution is 0.801. The number of fused-ring (bicyclic) bond motifs is 1. The SMILES string of the molecule is CCc1cc2nccc(Cl)c2cc1SC(C)(C)C. The maximum atomic E-state index is 6.25. The number of rotatable bonds is 2. The van der Waals surface area contributed by atoms with Gasteiger partial charge in [0.1, 0.15) is 0 Å². The largest absolute Gasteiger partial charge is 0.256 e. The third-order valence-electron chi connectivity index (χ3n) is 2.67. The summed E-state index contributed by atoms with van der Waals surface area (Å²) in [7, 11) is 0. The van der Waals surface area contributed by atoms with E-state index in [9.17, 15) is 0 Å². The second-order valence-corrected chi connectivity index (χ2v) is 7.61. The van der Waals surface area contributed by atoms with E-state index in [0.717, 1.165) is 22.3 Å². The summed E-state index contributed by atoms with van der Waals surface area (Å²) < 4.78 is 0.201. The minimum atomic E-state index is 0.201. The van der Waals surface area contributed by atoms with Gasteiger partial charge < -0.3 is 0 Å². The highest BCUT2D eigenvalue weighted by Crippen LogP contribution is 2.37. The van der Waals surface area contributed by atoms with Gasteiger partial charge >= 0.3 is 0 Å². The number of hydrogen-bond donors (Lipinski definition) is 0. The van der Waals surface area contributed by atoms with E-state index >= 15 is 0 Å². The van der Waals surface area contributed by atoms with Crippen LogP contribution in [0.15, 0.2) is 29.3 Å². The number of benzene rings is 1. The van der Waals surface area contributed by atoms with Gasteiger partial charge in [-0.2, -0.15) is 0 Å². The van der Waals surface area contributed by atoms with E-state index in [-0.39, 0.29) is 4.75 Å². The molecule has 18 heavy (non-hydrogen) atoms. The molecule has 1 heterocycles. The van der Waals surface area contributed by atoms with Gasteiger partial charge in [0, 0.05) is 21.2 Å². The second kappa shape index (κ2) is 5.10. The fourth-order valence-electron chi connectivity index (χ4n) is 1.88. The van der Waals surface area contributed by atoms with Gasteiger partial charge in [-0.1, -0.05) is 39.3 Å². The topological polar surface area (TPSA) is 12.9 Å². The maximum absolute atomic E-state index is 6.25. The Balaban J connectivity index is 2.60. The number of hydrogen-bond acceptors (Lipinski definition) is 2. The van der Waals surface area contributed by atoms with Crippen LogP contribution in [0.25, 0.3) is 10.9 Å². The van der Waals surface area contributed by atoms with E-state index < -0.39 is 0 Å². The molecule has 1 aromatic heterocycles. The lowest BCUT2D eigenvalue weighted by Gasteiger charge is -2.20. The minimum absolute atomic E-state index is 0.201. The summed E-state index contributed by atoms with van der Waals surface area (Å²) in [6, 6.07) is 6.19. The van der Waals surface area contributed by atoms with Crippen LogP contribution in [-0.4, -0.2) is 9.73 Å². The average Bonchev–Trinajstić information content (AvgIpc) is 2.27. The summed E-state index contributed by atoms with van der Waals surface area (Å²) in [6.07, 6.45) is 2.78. The molecule has 0 aliphatic carbocycles. The molecular weight excluding hydrogens is 262 g/mol. The molecule has 0 N–H and O–H groups in total. The highest BCUT2D eigenvalue weighted by atomic mass is 35.5. The molecule has 2 aromatic rings. The molecule has 96 valence electrons. The molecule has 0 aliphatic heterocycles. The molecule has 0 aliphatic rings. The Morgan fingerprint density at radius 1 is 1.28 bits per heavy atom. The lowest BCUT2D eigenvalue weighted by atomic mass is 10.1. The Labute approximate surface area is 118 Å². The highest BCUT2D eigenvalue weighted by molar-refractivity contribution is 8.00. The van der Waals surface area contributed by atoms with Gasteiger partial charge in [0.15, 0.2) is 0 Å². The molecule has 3 heteroatoms. The Hall–Kier alpha value is -0.730. The van der Waals surface area contributed by atoms with Crippen LogP contribution in [-0.2, 0) is 6.42 Å². The summed E-state index contributed by atoms with van der Waals surface area (Å²) >= 11 is 8.14. The zero-order valence-electron chi connectivity index (χ0n) is 11.2. The van der Waals surface area contributed by atoms with E-state index in [1.807, 2.05) is 17.8 Å². The van der Waals surface area contributed by atoms with Crippen LogP contribution < -0.4 is 0 Å². The van der Waals surface area contributed by atoms with Crippen molar-refractivity contribution in [1.29, 1.82) is 0 Å². The van der Waals surface area contributed by atoms with Crippen molar-refractivity contribution in [2.45, 2.75) is 43.8 Å². The molecule has 0 atom stereocenters. The predicted octanol–water partition coefficient (Wildman–Crippen LogP) is 5.34. The quantitative estimate of drug-likeness (QED) is 0.688. The van der Waals surface area contributed by atoms with E-state index in [0.29, 0.717) is 0 Å². The lowest BCUT2D eigenvalue weighted by Crippen LogP contribution is -2.07. The number of nitrogens with zero attached hydrogens (tertiary/aromatic N) is 1. The summed E-state index contributed by atoms with van der Waals surface area (Å²) in [6.45, 7) is 8.86. The molecule has 0 bridgehead atoms. The van der Waals surface area contributed by atoms with Crippen molar-refractivity contribution >= 4 is 34.3 Å². The third kappa shape index (κ3) is 2.99. The number of aromatic nitrogens is 1. The molecule has 1 nitrogen and oxygen atoms in total. The molecule has 0 radical (unpaired) electrons. The van der Waals surface area contributed by atoms with Gasteiger partial charge in [-0.05, 0) is 30.2 Å². The van der Waals surface area contributed by atoms with Crippen molar-refractivity contribution in [3.05, 3.63) is 35.0 Å². The van der Waals surface area contributed by atoms with Crippen molar-refractivity contribution in [3.63, 3.8) is 0 Å². The fraction of sp³-hybridized carbons (Fsp3) is 0.400. The van der Waals surface area contributed by atoms with Crippen molar-refractivity contribution in [2.24, 2.45) is 0 Å². The smallest absolute Gasteiger partial charge is 0.0720 e. The molecular formula is C15H18ClNS. The zero-order valence-corrected chi connectivity index (χ0v) is 12.8. The summed E-state index contributed by atoms with van der Waals surface area (Å²) in [5.74, 6) is 0. The van der Waals surface area contributed by atoms with Gasteiger partial charge in [0.2, 0.25) is 0 Å². The molecule has 2 rings (SSSR count). The fourth-order valence-corrected chi connectivity index (χ4v) is 3.26. The van der Waals surface area contributed by atoms with Crippen LogP contribution in [0.3, 0.4) is 0 Å². The van der Waals surface area contributed by atoms with Crippen molar-refractivity contribution in [2.75, 3.05) is 0 Å². The highest BCUT2D eigenvalue weighted by Gasteiger charge is 2.15. The van der Waals surface area contributed by atoms with E-state index in [1.54, 1.807) is 6.20 Å². The first-order valence-corrected chi connectivity index (χ1v) is 7.36. The van der Waals surface area contributed by atoms with Crippen LogP contribution >= 0.6 is 23.4 Å². The molecule has 0 fully saturated rings. The van der Waals surface area contributed by atoms with E-state index in [1.165, 1.54) is 10.5 Å². The molecule has 0 amide bonds. The van der Waals surface area contributed by atoms with Crippen LogP contribution in [0.5, 0.6) is 0 Å². The Morgan fingerprint density at radius 3 is 2.61 bits per heavy atom. The Morgan fingerprint density at radius 2 is 2.00 bits per heavy atom. The zero-order chi connectivity index (χ0) is 13.3. The summed E-state index contributed by atoms with van der Waals surface area (Å²) in [5, 5.41) is 1.82. The number of aryl methyl sites for hydroxylation is 1. The van der Waals surface area contributed by atoms with Crippen LogP contribution in [0.2, 0.25) is 5.02 Å². The van der Waals surface area contributed by atoms with Gasteiger partial charge in [-0.25, -0.2) is 0 Å². The molecule has 0 saturated carbocycles. The van der Waals surface area contributed by atoms with Gasteiger partial charge in [-0.15, -0.1) is 11.8 Å². The number of pyridine rings is 1. The monoisotopic (exact) mass is 279 g/mol. The van der Waals surface area contributed by atoms with Crippen LogP contribution in [0, 0.1) is 0 Å². The van der Waals surface area contributed by atoms with Crippen LogP contribution in [0.1, 0.15) is 33.3 Å². The van der Waals surface area contributed by atoms with Gasteiger partial charge in [0.05, 0.1) is 10.5 Å². The second-order valence-electron chi connectivity index (χ2n) is 5.34. The average molecular weight is 280 g/mol. The first-order valence-electron chi connectivity index (χ1n) is 6.17. The first kappa shape index (κ1) is 13.7. The van der Waals surface area contributed by atoms with Crippen LogP contribution in [0.4, 0.5) is 0 Å². The maximum Gasteiger partial charge on any atom is 0.0720 e. The Kier molecular flexibility index (Phi) is 3.88. The standard InChI is InChI=1S/C15H18ClNS/c1-5-10-8-13-11(12(16)6-7-17-13)9-14(10)18-15(2,3)4/h6-9H,5H2,1-4H3. The van der Waals surface area contributed by atoms with Crippen molar-refractivity contribution < 1.29 is 0 Å². The van der Waals surface area contributed by atoms with Crippen molar-refractivity contribution in [3.8, 4) is 0 Å². The number of halogens is 1. The predicted molar refractivity (Wildman–Crippen MR) is 81.7 cm³/mol. The number of thioether (sulfide) groups is 1. The molecule has 1 aromatic carbocycles. The van der Waals surface area contributed by atoms with E-state index in [2.05, 4.69) is 44.8 Å². The minimum Gasteiger partial charge on any atom is -0.256 e. The van der Waals surface area contributed by atoms with Gasteiger partial charge in [0.25, 0.3) is 0 Å². The summed E-state index contributed by atoms with van der Waals surface area (Å²) in [4.78, 5) is 5.71.